The molecular weight excluding hydrogens is 252 g/mol. The molecule has 99 valence electrons. The topological polar surface area (TPSA) is 56.8 Å². The molecule has 0 fully saturated rings. The van der Waals surface area contributed by atoms with Crippen LogP contribution >= 0.6 is 0 Å². The van der Waals surface area contributed by atoms with E-state index in [9.17, 15) is 0 Å². The molecule has 2 aromatic carbocycles. The van der Waals surface area contributed by atoms with Crippen LogP contribution < -0.4 is 10.5 Å². The lowest BCUT2D eigenvalue weighted by Crippen LogP contribution is -2.40. The van der Waals surface area contributed by atoms with Gasteiger partial charge >= 0.3 is 0 Å². The molecule has 20 heavy (non-hydrogen) atoms. The lowest BCUT2D eigenvalue weighted by molar-refractivity contribution is 0.150. The number of para-hydroxylation sites is 2. The summed E-state index contributed by atoms with van der Waals surface area (Å²) >= 11 is 0. The van der Waals surface area contributed by atoms with E-state index < -0.39 is 5.54 Å². The van der Waals surface area contributed by atoms with Gasteiger partial charge in [0.1, 0.15) is 29.5 Å². The number of nitrogens with zero attached hydrogens (tertiary/aromatic N) is 1. The molecule has 2 N–H and O–H groups in total. The summed E-state index contributed by atoms with van der Waals surface area (Å²) in [5, 5.41) is 0. The zero-order chi connectivity index (χ0) is 13.6. The second kappa shape index (κ2) is 4.08. The Bertz CT molecular complexity index is 664. The third kappa shape index (κ3) is 1.48. The normalized spacial score (nSPS) is 18.7. The minimum Gasteiger partial charge on any atom is -0.457 e. The fraction of sp³-hybridized carbons (Fsp3) is 0.125. The average molecular weight is 265 g/mol. The van der Waals surface area contributed by atoms with Gasteiger partial charge in [-0.05, 0) is 12.1 Å². The van der Waals surface area contributed by atoms with Crippen LogP contribution in [-0.4, -0.2) is 12.4 Å². The first kappa shape index (κ1) is 11.5. The van der Waals surface area contributed by atoms with Crippen molar-refractivity contribution in [1.82, 2.24) is 0 Å². The summed E-state index contributed by atoms with van der Waals surface area (Å²) in [5.41, 5.74) is 7.22. The summed E-state index contributed by atoms with van der Waals surface area (Å²) in [7, 11) is 0. The van der Waals surface area contributed by atoms with Crippen molar-refractivity contribution in [3.63, 3.8) is 0 Å². The van der Waals surface area contributed by atoms with Crippen LogP contribution in [-0.2, 0) is 10.3 Å². The molecule has 0 aliphatic carbocycles. The number of fused-ring (bicyclic) bond motifs is 4. The first-order valence-corrected chi connectivity index (χ1v) is 6.47. The maximum Gasteiger partial charge on any atom is 0.148 e. The molecule has 2 aliphatic rings. The van der Waals surface area contributed by atoms with E-state index in [2.05, 4.69) is 4.99 Å². The Balaban J connectivity index is 2.04. The number of amidine groups is 1. The fourth-order valence-electron chi connectivity index (χ4n) is 2.86. The predicted octanol–water partition coefficient (Wildman–Crippen LogP) is 2.59. The van der Waals surface area contributed by atoms with Crippen molar-refractivity contribution < 1.29 is 9.47 Å². The van der Waals surface area contributed by atoms with E-state index in [1.54, 1.807) is 0 Å². The molecule has 4 rings (SSSR count). The Morgan fingerprint density at radius 2 is 1.55 bits per heavy atom. The van der Waals surface area contributed by atoms with Crippen molar-refractivity contribution in [3.8, 4) is 11.5 Å². The van der Waals surface area contributed by atoms with E-state index >= 15 is 0 Å². The smallest absolute Gasteiger partial charge is 0.148 e. The minimum atomic E-state index is -0.621. The number of rotatable bonds is 0. The summed E-state index contributed by atoms with van der Waals surface area (Å²) in [6.45, 7) is 1.91. The third-order valence-corrected chi connectivity index (χ3v) is 3.70. The van der Waals surface area contributed by atoms with Crippen LogP contribution in [0, 0.1) is 6.61 Å². The Morgan fingerprint density at radius 1 is 0.950 bits per heavy atom. The van der Waals surface area contributed by atoms with Gasteiger partial charge in [-0.1, -0.05) is 36.4 Å². The van der Waals surface area contributed by atoms with Gasteiger partial charge in [-0.2, -0.15) is 0 Å². The number of hydrogen-bond acceptors (Lipinski definition) is 4. The highest BCUT2D eigenvalue weighted by Gasteiger charge is 2.44. The molecule has 4 heteroatoms. The summed E-state index contributed by atoms with van der Waals surface area (Å²) in [4.78, 5) is 4.69. The predicted molar refractivity (Wildman–Crippen MR) is 75.6 cm³/mol. The van der Waals surface area contributed by atoms with Crippen molar-refractivity contribution in [3.05, 3.63) is 66.3 Å². The number of aliphatic imine (C=N–C) groups is 1. The van der Waals surface area contributed by atoms with E-state index in [0.29, 0.717) is 12.4 Å². The molecule has 2 heterocycles. The van der Waals surface area contributed by atoms with E-state index in [1.807, 2.05) is 48.5 Å². The second-order valence-corrected chi connectivity index (χ2v) is 4.92. The van der Waals surface area contributed by atoms with Crippen LogP contribution in [0.15, 0.2) is 53.5 Å². The summed E-state index contributed by atoms with van der Waals surface area (Å²) in [6, 6.07) is 15.7. The number of ether oxygens (including phenoxy) is 2. The van der Waals surface area contributed by atoms with Gasteiger partial charge in [0.2, 0.25) is 0 Å². The van der Waals surface area contributed by atoms with Crippen molar-refractivity contribution >= 4 is 5.84 Å². The zero-order valence-corrected chi connectivity index (χ0v) is 10.7. The van der Waals surface area contributed by atoms with Crippen LogP contribution in [0.5, 0.6) is 11.5 Å². The van der Waals surface area contributed by atoms with E-state index in [0.717, 1.165) is 22.6 Å². The van der Waals surface area contributed by atoms with Gasteiger partial charge < -0.3 is 15.2 Å². The van der Waals surface area contributed by atoms with Crippen LogP contribution in [0.2, 0.25) is 0 Å². The van der Waals surface area contributed by atoms with Crippen LogP contribution in [0.4, 0.5) is 0 Å². The SMILES string of the molecule is NC1=NC2(CO[CH]1)c1ccccc1Oc1ccccc12. The number of nitrogens with two attached hydrogens (primary N) is 1. The Hall–Kier alpha value is -2.33. The molecular formula is C16H13N2O2. The Kier molecular flexibility index (Phi) is 2.35. The lowest BCUT2D eigenvalue weighted by Gasteiger charge is -2.38. The van der Waals surface area contributed by atoms with E-state index in [1.165, 1.54) is 6.61 Å². The molecule has 2 aromatic rings. The summed E-state index contributed by atoms with van der Waals surface area (Å²) in [5.74, 6) is 1.99. The molecule has 2 aliphatic heterocycles. The summed E-state index contributed by atoms with van der Waals surface area (Å²) in [6.07, 6.45) is 0. The average Bonchev–Trinajstić information content (AvgIpc) is 2.48. The molecule has 1 spiro atoms. The van der Waals surface area contributed by atoms with Gasteiger partial charge in [-0.25, -0.2) is 0 Å². The van der Waals surface area contributed by atoms with E-state index in [4.69, 9.17) is 15.2 Å². The van der Waals surface area contributed by atoms with Crippen LogP contribution in [0.3, 0.4) is 0 Å². The van der Waals surface area contributed by atoms with Gasteiger partial charge in [0.05, 0.1) is 6.61 Å². The van der Waals surface area contributed by atoms with Crippen LogP contribution in [0.25, 0.3) is 0 Å². The number of benzene rings is 2. The molecule has 0 unspecified atom stereocenters. The second-order valence-electron chi connectivity index (χ2n) is 4.92. The quantitative estimate of drug-likeness (QED) is 0.796. The number of hydrogen-bond donors (Lipinski definition) is 1. The molecule has 0 saturated carbocycles. The Morgan fingerprint density at radius 3 is 2.15 bits per heavy atom. The largest absolute Gasteiger partial charge is 0.457 e. The monoisotopic (exact) mass is 265 g/mol. The highest BCUT2D eigenvalue weighted by molar-refractivity contribution is 5.89. The van der Waals surface area contributed by atoms with Gasteiger partial charge in [0.25, 0.3) is 0 Å². The highest BCUT2D eigenvalue weighted by Crippen LogP contribution is 2.49. The highest BCUT2D eigenvalue weighted by atomic mass is 16.5. The van der Waals surface area contributed by atoms with Gasteiger partial charge in [-0.15, -0.1) is 0 Å². The summed E-state index contributed by atoms with van der Waals surface area (Å²) < 4.78 is 11.5. The molecule has 4 nitrogen and oxygen atoms in total. The molecule has 1 radical (unpaired) electrons. The van der Waals surface area contributed by atoms with Gasteiger partial charge in [0.15, 0.2) is 0 Å². The maximum atomic E-state index is 5.96. The van der Waals surface area contributed by atoms with Gasteiger partial charge in [-0.3, -0.25) is 4.99 Å². The molecule has 0 atom stereocenters. The van der Waals surface area contributed by atoms with Crippen molar-refractivity contribution in [2.75, 3.05) is 6.61 Å². The lowest BCUT2D eigenvalue weighted by atomic mass is 9.80. The third-order valence-electron chi connectivity index (χ3n) is 3.70. The Labute approximate surface area is 116 Å². The van der Waals surface area contributed by atoms with E-state index in [-0.39, 0.29) is 0 Å². The molecule has 0 bridgehead atoms. The molecule has 0 amide bonds. The fourth-order valence-corrected chi connectivity index (χ4v) is 2.86. The maximum absolute atomic E-state index is 5.96. The molecule has 0 saturated heterocycles. The van der Waals surface area contributed by atoms with Crippen molar-refractivity contribution in [2.45, 2.75) is 5.54 Å². The first-order chi connectivity index (χ1) is 9.79. The van der Waals surface area contributed by atoms with Crippen molar-refractivity contribution in [2.24, 2.45) is 10.7 Å². The van der Waals surface area contributed by atoms with Crippen LogP contribution in [0.1, 0.15) is 11.1 Å². The van der Waals surface area contributed by atoms with Gasteiger partial charge in [0, 0.05) is 11.1 Å². The molecule has 0 aromatic heterocycles. The first-order valence-electron chi connectivity index (χ1n) is 6.47. The minimum absolute atomic E-state index is 0.391. The standard InChI is InChI=1S/C16H13N2O2/c17-15-9-19-10-16(18-15)11-5-1-3-7-13(11)20-14-8-4-2-6-12(14)16/h1-9H,10H2,(H2,17,18). The van der Waals surface area contributed by atoms with Crippen molar-refractivity contribution in [1.29, 1.82) is 0 Å². The zero-order valence-electron chi connectivity index (χ0n) is 10.7.